The fourth-order valence-corrected chi connectivity index (χ4v) is 2.39. The highest BCUT2D eigenvalue weighted by molar-refractivity contribution is 5.42. The summed E-state index contributed by atoms with van der Waals surface area (Å²) in [6.45, 7) is 2.11. The monoisotopic (exact) mass is 266 g/mol. The predicted molar refractivity (Wildman–Crippen MR) is 70.2 cm³/mol. The second kappa shape index (κ2) is 5.99. The fourth-order valence-electron chi connectivity index (χ4n) is 2.39. The summed E-state index contributed by atoms with van der Waals surface area (Å²) in [4.78, 5) is 12.5. The first-order valence-electron chi connectivity index (χ1n) is 6.31. The summed E-state index contributed by atoms with van der Waals surface area (Å²) >= 11 is 0. The maximum atomic E-state index is 10.9. The number of aliphatic hydroxyl groups is 1. The van der Waals surface area contributed by atoms with Gasteiger partial charge in [-0.25, -0.2) is 0 Å². The Kier molecular flexibility index (Phi) is 4.34. The number of piperidine rings is 1. The average molecular weight is 266 g/mol. The molecule has 0 radical (unpaired) electrons. The van der Waals surface area contributed by atoms with E-state index in [0.29, 0.717) is 18.8 Å². The summed E-state index contributed by atoms with van der Waals surface area (Å²) in [5.41, 5.74) is 0.868. The number of hydrogen-bond donors (Lipinski definition) is 1. The number of ether oxygens (including phenoxy) is 1. The number of methoxy groups -OCH3 is 1. The van der Waals surface area contributed by atoms with E-state index in [1.807, 2.05) is 0 Å². The maximum absolute atomic E-state index is 10.9. The molecule has 104 valence electrons. The van der Waals surface area contributed by atoms with Crippen LogP contribution >= 0.6 is 0 Å². The van der Waals surface area contributed by atoms with Gasteiger partial charge in [0.05, 0.1) is 24.2 Å². The van der Waals surface area contributed by atoms with Gasteiger partial charge in [0.25, 0.3) is 5.69 Å². The summed E-state index contributed by atoms with van der Waals surface area (Å²) in [7, 11) is 1.49. The number of β-amino-alcohol motifs (C(OH)–C–C–N with tert-alkyl or cyclic N) is 1. The Morgan fingerprint density at radius 1 is 1.53 bits per heavy atom. The zero-order valence-corrected chi connectivity index (χ0v) is 10.9. The molecule has 1 aliphatic rings. The first-order chi connectivity index (χ1) is 9.08. The molecule has 1 aromatic carbocycles. The zero-order valence-electron chi connectivity index (χ0n) is 10.9. The molecular formula is C13H18N2O4. The lowest BCUT2D eigenvalue weighted by Crippen LogP contribution is -2.37. The summed E-state index contributed by atoms with van der Waals surface area (Å²) in [5, 5.41) is 20.5. The van der Waals surface area contributed by atoms with Crippen LogP contribution in [0.4, 0.5) is 5.69 Å². The lowest BCUT2D eigenvalue weighted by molar-refractivity contribution is -0.385. The van der Waals surface area contributed by atoms with Crippen molar-refractivity contribution in [1.29, 1.82) is 0 Å². The third kappa shape index (κ3) is 3.65. The van der Waals surface area contributed by atoms with E-state index in [1.165, 1.54) is 13.2 Å². The molecule has 6 nitrogen and oxygen atoms in total. The molecule has 1 atom stereocenters. The van der Waals surface area contributed by atoms with Crippen molar-refractivity contribution in [2.24, 2.45) is 0 Å². The molecule has 19 heavy (non-hydrogen) atoms. The smallest absolute Gasteiger partial charge is 0.273 e. The number of aliphatic hydroxyl groups excluding tert-OH is 1. The Balaban J connectivity index is 2.14. The van der Waals surface area contributed by atoms with Crippen LogP contribution < -0.4 is 4.74 Å². The number of non-ortho nitro benzene ring substituents is 1. The van der Waals surface area contributed by atoms with Crippen LogP contribution in [0.15, 0.2) is 18.2 Å². The van der Waals surface area contributed by atoms with Crippen LogP contribution in [-0.4, -0.2) is 41.2 Å². The van der Waals surface area contributed by atoms with Crippen molar-refractivity contribution in [3.63, 3.8) is 0 Å². The Morgan fingerprint density at radius 2 is 2.32 bits per heavy atom. The van der Waals surface area contributed by atoms with E-state index in [9.17, 15) is 15.2 Å². The fraction of sp³-hybridized carbons (Fsp3) is 0.538. The first kappa shape index (κ1) is 13.8. The largest absolute Gasteiger partial charge is 0.496 e. The van der Waals surface area contributed by atoms with Gasteiger partial charge >= 0.3 is 0 Å². The molecule has 1 aliphatic heterocycles. The molecule has 0 aromatic heterocycles. The number of rotatable bonds is 4. The van der Waals surface area contributed by atoms with Gasteiger partial charge in [0, 0.05) is 19.2 Å². The zero-order chi connectivity index (χ0) is 13.8. The summed E-state index contributed by atoms with van der Waals surface area (Å²) in [5.74, 6) is 0.488. The Bertz CT molecular complexity index is 464. The molecule has 6 heteroatoms. The standard InChI is InChI=1S/C13H18N2O4/c1-19-13-6-10(5-11(7-13)15(17)18)8-14-4-2-3-12(16)9-14/h5-7,12,16H,2-4,8-9H2,1H3/t12-/m0/s1. The van der Waals surface area contributed by atoms with Crippen molar-refractivity contribution < 1.29 is 14.8 Å². The minimum absolute atomic E-state index is 0.0342. The predicted octanol–water partition coefficient (Wildman–Crippen LogP) is 1.56. The number of nitro benzene ring substituents is 1. The molecule has 1 saturated heterocycles. The molecule has 0 spiro atoms. The van der Waals surface area contributed by atoms with E-state index < -0.39 is 4.92 Å². The van der Waals surface area contributed by atoms with E-state index in [-0.39, 0.29) is 11.8 Å². The second-order valence-corrected chi connectivity index (χ2v) is 4.83. The van der Waals surface area contributed by atoms with Gasteiger partial charge in [0.15, 0.2) is 0 Å². The van der Waals surface area contributed by atoms with Gasteiger partial charge in [0.2, 0.25) is 0 Å². The quantitative estimate of drug-likeness (QED) is 0.661. The van der Waals surface area contributed by atoms with Crippen molar-refractivity contribution >= 4 is 5.69 Å². The Hall–Kier alpha value is -1.66. The minimum Gasteiger partial charge on any atom is -0.496 e. The van der Waals surface area contributed by atoms with Crippen LogP contribution in [0.2, 0.25) is 0 Å². The molecule has 1 fully saturated rings. The molecule has 0 saturated carbocycles. The molecule has 0 bridgehead atoms. The van der Waals surface area contributed by atoms with Crippen LogP contribution in [0, 0.1) is 10.1 Å². The van der Waals surface area contributed by atoms with Crippen LogP contribution in [0.3, 0.4) is 0 Å². The van der Waals surface area contributed by atoms with Crippen molar-refractivity contribution in [3.8, 4) is 5.75 Å². The van der Waals surface area contributed by atoms with E-state index in [2.05, 4.69) is 4.90 Å². The van der Waals surface area contributed by atoms with E-state index in [1.54, 1.807) is 12.1 Å². The van der Waals surface area contributed by atoms with Crippen LogP contribution in [0.25, 0.3) is 0 Å². The van der Waals surface area contributed by atoms with E-state index >= 15 is 0 Å². The van der Waals surface area contributed by atoms with Crippen LogP contribution in [-0.2, 0) is 6.54 Å². The molecule has 0 aliphatic carbocycles. The molecule has 1 N–H and O–H groups in total. The lowest BCUT2D eigenvalue weighted by atomic mass is 10.1. The highest BCUT2D eigenvalue weighted by Crippen LogP contribution is 2.24. The third-order valence-corrected chi connectivity index (χ3v) is 3.28. The van der Waals surface area contributed by atoms with Gasteiger partial charge in [-0.2, -0.15) is 0 Å². The number of nitrogens with zero attached hydrogens (tertiary/aromatic N) is 2. The van der Waals surface area contributed by atoms with Gasteiger partial charge in [-0.05, 0) is 31.0 Å². The van der Waals surface area contributed by atoms with Gasteiger partial charge < -0.3 is 9.84 Å². The Morgan fingerprint density at radius 3 is 2.95 bits per heavy atom. The number of hydrogen-bond acceptors (Lipinski definition) is 5. The Labute approximate surface area is 111 Å². The third-order valence-electron chi connectivity index (χ3n) is 3.28. The minimum atomic E-state index is -0.420. The normalized spacial score (nSPS) is 20.2. The highest BCUT2D eigenvalue weighted by Gasteiger charge is 2.19. The van der Waals surface area contributed by atoms with Gasteiger partial charge in [-0.15, -0.1) is 0 Å². The average Bonchev–Trinajstić information content (AvgIpc) is 2.38. The summed E-state index contributed by atoms with van der Waals surface area (Å²) in [6.07, 6.45) is 1.48. The second-order valence-electron chi connectivity index (χ2n) is 4.83. The van der Waals surface area contributed by atoms with Gasteiger partial charge in [-0.1, -0.05) is 0 Å². The van der Waals surface area contributed by atoms with Crippen molar-refractivity contribution in [3.05, 3.63) is 33.9 Å². The number of likely N-dealkylation sites (tertiary alicyclic amines) is 1. The molecule has 2 rings (SSSR count). The molecular weight excluding hydrogens is 248 g/mol. The van der Waals surface area contributed by atoms with Crippen molar-refractivity contribution in [2.45, 2.75) is 25.5 Å². The van der Waals surface area contributed by atoms with Gasteiger partial charge in [0.1, 0.15) is 5.75 Å². The van der Waals surface area contributed by atoms with Gasteiger partial charge in [-0.3, -0.25) is 15.0 Å². The van der Waals surface area contributed by atoms with Crippen molar-refractivity contribution in [1.82, 2.24) is 4.90 Å². The van der Waals surface area contributed by atoms with E-state index in [0.717, 1.165) is 24.9 Å². The lowest BCUT2D eigenvalue weighted by Gasteiger charge is -2.29. The molecule has 1 heterocycles. The summed E-state index contributed by atoms with van der Waals surface area (Å²) < 4.78 is 5.08. The molecule has 1 aromatic rings. The number of nitro groups is 1. The number of benzene rings is 1. The SMILES string of the molecule is COc1cc(CN2CCC[C@H](O)C2)cc([N+](=O)[O-])c1. The highest BCUT2D eigenvalue weighted by atomic mass is 16.6. The molecule has 0 unspecified atom stereocenters. The van der Waals surface area contributed by atoms with E-state index in [4.69, 9.17) is 4.74 Å². The van der Waals surface area contributed by atoms with Crippen molar-refractivity contribution in [2.75, 3.05) is 20.2 Å². The topological polar surface area (TPSA) is 75.8 Å². The maximum Gasteiger partial charge on any atom is 0.273 e. The first-order valence-corrected chi connectivity index (χ1v) is 6.31. The van der Waals surface area contributed by atoms with Crippen LogP contribution in [0.1, 0.15) is 18.4 Å². The summed E-state index contributed by atoms with van der Waals surface area (Å²) in [6, 6.07) is 4.77. The van der Waals surface area contributed by atoms with Crippen LogP contribution in [0.5, 0.6) is 5.75 Å². The molecule has 0 amide bonds.